The Kier molecular flexibility index (Phi) is 12.5. The number of nitrogens with zero attached hydrogens (tertiary/aromatic N) is 2. The number of hydrogen-bond donors (Lipinski definition) is 2. The van der Waals surface area contributed by atoms with E-state index < -0.39 is 48.2 Å². The highest BCUT2D eigenvalue weighted by atomic mass is 32.2. The molecule has 2 N–H and O–H groups in total. The van der Waals surface area contributed by atoms with Crippen LogP contribution in [0.5, 0.6) is 0 Å². The van der Waals surface area contributed by atoms with E-state index in [2.05, 4.69) is 25.7 Å². The van der Waals surface area contributed by atoms with Gasteiger partial charge < -0.3 is 15.2 Å². The van der Waals surface area contributed by atoms with Gasteiger partial charge in [0.15, 0.2) is 0 Å². The Morgan fingerprint density at radius 3 is 2.46 bits per heavy atom. The van der Waals surface area contributed by atoms with Crippen LogP contribution in [0, 0.1) is 5.82 Å². The molecule has 0 saturated carbocycles. The van der Waals surface area contributed by atoms with Gasteiger partial charge in [-0.05, 0) is 43.9 Å². The van der Waals surface area contributed by atoms with Crippen LogP contribution >= 0.6 is 11.8 Å². The van der Waals surface area contributed by atoms with Gasteiger partial charge >= 0.3 is 11.9 Å². The van der Waals surface area contributed by atoms with Crippen molar-refractivity contribution < 1.29 is 32.6 Å². The van der Waals surface area contributed by atoms with Gasteiger partial charge in [-0.25, -0.2) is 22.8 Å². The number of nitrogens with one attached hydrogen (secondary N) is 1. The molecule has 224 valence electrons. The SMILES string of the molecule is C=C(S/C=C\C)C1=N[C@@](C)(c2ccc(F)cc2)C(C(=O)OCC)=C(CN2CC(F)(F)CC2/C=C/C(=O)O)N1.CCC. The number of hydrogen-bond acceptors (Lipinski definition) is 7. The maximum absolute atomic E-state index is 14.5. The second-order valence-electron chi connectivity index (χ2n) is 9.69. The minimum atomic E-state index is -3.06. The summed E-state index contributed by atoms with van der Waals surface area (Å²) in [6.45, 7) is 12.7. The Morgan fingerprint density at radius 1 is 1.27 bits per heavy atom. The molecule has 0 radical (unpaired) electrons. The maximum atomic E-state index is 14.5. The molecule has 0 amide bonds. The molecule has 2 heterocycles. The first-order valence-electron chi connectivity index (χ1n) is 13.4. The van der Waals surface area contributed by atoms with Crippen LogP contribution in [-0.2, 0) is 19.9 Å². The van der Waals surface area contributed by atoms with Gasteiger partial charge in [0.1, 0.15) is 17.2 Å². The van der Waals surface area contributed by atoms with Crippen molar-refractivity contribution in [3.63, 3.8) is 0 Å². The Morgan fingerprint density at radius 2 is 1.90 bits per heavy atom. The Hall–Kier alpha value is -3.31. The van der Waals surface area contributed by atoms with Gasteiger partial charge in [-0.15, -0.1) is 0 Å². The molecule has 1 aromatic carbocycles. The summed E-state index contributed by atoms with van der Waals surface area (Å²) in [6, 6.07) is 4.61. The summed E-state index contributed by atoms with van der Waals surface area (Å²) in [5.41, 5.74) is -0.552. The first-order chi connectivity index (χ1) is 19.3. The van der Waals surface area contributed by atoms with Crippen molar-refractivity contribution in [2.75, 3.05) is 19.7 Å². The number of carbonyl (C=O) groups is 2. The van der Waals surface area contributed by atoms with Crippen LogP contribution < -0.4 is 5.32 Å². The zero-order valence-corrected chi connectivity index (χ0v) is 24.9. The highest BCUT2D eigenvalue weighted by Crippen LogP contribution is 2.41. The summed E-state index contributed by atoms with van der Waals surface area (Å²) in [5, 5.41) is 13.9. The lowest BCUT2D eigenvalue weighted by Crippen LogP contribution is -2.45. The van der Waals surface area contributed by atoms with E-state index in [0.717, 1.165) is 6.08 Å². The number of halogens is 3. The molecule has 0 aliphatic carbocycles. The number of carboxylic acid groups (broad SMARTS) is 1. The Bertz CT molecular complexity index is 1230. The van der Waals surface area contributed by atoms with Crippen molar-refractivity contribution >= 4 is 29.5 Å². The molecule has 7 nitrogen and oxygen atoms in total. The predicted molar refractivity (Wildman–Crippen MR) is 157 cm³/mol. The number of alkyl halides is 2. The highest BCUT2D eigenvalue weighted by Gasteiger charge is 2.47. The number of allylic oxidation sites excluding steroid dienone is 1. The highest BCUT2D eigenvalue weighted by molar-refractivity contribution is 8.06. The largest absolute Gasteiger partial charge is 0.478 e. The van der Waals surface area contributed by atoms with Crippen molar-refractivity contribution in [3.8, 4) is 0 Å². The van der Waals surface area contributed by atoms with E-state index >= 15 is 0 Å². The third-order valence-corrected chi connectivity index (χ3v) is 7.01. The van der Waals surface area contributed by atoms with E-state index in [9.17, 15) is 22.8 Å². The van der Waals surface area contributed by atoms with Crippen LogP contribution in [0.15, 0.2) is 75.6 Å². The van der Waals surface area contributed by atoms with Crippen molar-refractivity contribution in [3.05, 3.63) is 82.0 Å². The van der Waals surface area contributed by atoms with Crippen molar-refractivity contribution in [1.82, 2.24) is 10.2 Å². The average Bonchev–Trinajstić information content (AvgIpc) is 3.19. The molecule has 0 spiro atoms. The topological polar surface area (TPSA) is 91.2 Å². The summed E-state index contributed by atoms with van der Waals surface area (Å²) in [5.74, 6) is -5.18. The molecule has 1 unspecified atom stereocenters. The number of benzene rings is 1. The minimum absolute atomic E-state index is 0.0568. The third-order valence-electron chi connectivity index (χ3n) is 6.12. The molecule has 0 bridgehead atoms. The van der Waals surface area contributed by atoms with Crippen molar-refractivity contribution in [2.45, 2.75) is 65.0 Å². The average molecular weight is 594 g/mol. The van der Waals surface area contributed by atoms with Gasteiger partial charge in [-0.3, -0.25) is 9.89 Å². The van der Waals surface area contributed by atoms with Crippen LogP contribution in [0.1, 0.15) is 53.0 Å². The number of aliphatic imine (C=N–C) groups is 1. The molecule has 11 heteroatoms. The number of rotatable bonds is 10. The van der Waals surface area contributed by atoms with Crippen LogP contribution in [0.2, 0.25) is 0 Å². The summed E-state index contributed by atoms with van der Waals surface area (Å²) < 4.78 is 48.1. The Labute approximate surface area is 243 Å². The van der Waals surface area contributed by atoms with E-state index in [4.69, 9.17) is 14.8 Å². The number of esters is 1. The number of carboxylic acids is 1. The standard InChI is InChI=1S/C27H30F3N3O4S.C3H8/c1-5-13-38-17(3)24-31-21(15-33-16-27(29,30)14-20(33)11-12-22(34)35)23(25(36)37-6-2)26(4,32-24)18-7-9-19(28)10-8-18;1-3-2/h5,7-13,20H,3,6,14-16H2,1-2,4H3,(H,31,32)(H,34,35);3H2,1-2H3/b12-11+,13-5-;/t20?,26-;/m0./s1. The third kappa shape index (κ3) is 9.09. The summed E-state index contributed by atoms with van der Waals surface area (Å²) in [6.07, 6.45) is 4.54. The minimum Gasteiger partial charge on any atom is -0.478 e. The lowest BCUT2D eigenvalue weighted by Gasteiger charge is -2.37. The monoisotopic (exact) mass is 593 g/mol. The quantitative estimate of drug-likeness (QED) is 0.239. The Balaban J connectivity index is 0.00000187. The second-order valence-corrected chi connectivity index (χ2v) is 10.7. The summed E-state index contributed by atoms with van der Waals surface area (Å²) in [7, 11) is 0. The first kappa shape index (κ1) is 33.9. The van der Waals surface area contributed by atoms with Crippen molar-refractivity contribution in [1.29, 1.82) is 0 Å². The fourth-order valence-corrected chi connectivity index (χ4v) is 4.95. The van der Waals surface area contributed by atoms with Crippen molar-refractivity contribution in [2.24, 2.45) is 4.99 Å². The van der Waals surface area contributed by atoms with E-state index in [-0.39, 0.29) is 24.4 Å². The summed E-state index contributed by atoms with van der Waals surface area (Å²) in [4.78, 5) is 31.1. The van der Waals surface area contributed by atoms with Gasteiger partial charge in [0.05, 0.1) is 18.7 Å². The van der Waals surface area contributed by atoms with E-state index in [1.54, 1.807) is 19.3 Å². The zero-order valence-electron chi connectivity index (χ0n) is 24.0. The number of amidine groups is 1. The lowest BCUT2D eigenvalue weighted by atomic mass is 9.82. The lowest BCUT2D eigenvalue weighted by molar-refractivity contribution is -0.139. The molecule has 3 rings (SSSR count). The van der Waals surface area contributed by atoms with Crippen LogP contribution in [0.25, 0.3) is 0 Å². The number of carbonyl (C=O) groups excluding carboxylic acids is 1. The fourth-order valence-electron chi connectivity index (χ4n) is 4.45. The van der Waals surface area contributed by atoms with E-state index in [0.29, 0.717) is 16.3 Å². The van der Waals surface area contributed by atoms with Gasteiger partial charge in [-0.2, -0.15) is 0 Å². The molecule has 41 heavy (non-hydrogen) atoms. The van der Waals surface area contributed by atoms with E-state index in [1.165, 1.54) is 53.4 Å². The summed E-state index contributed by atoms with van der Waals surface area (Å²) >= 11 is 1.28. The van der Waals surface area contributed by atoms with Gasteiger partial charge in [0.25, 0.3) is 5.92 Å². The second kappa shape index (κ2) is 15.1. The molecule has 1 aromatic rings. The number of likely N-dealkylation sites (tertiary alicyclic amines) is 1. The van der Waals surface area contributed by atoms with Crippen LogP contribution in [-0.4, -0.2) is 59.4 Å². The number of thioether (sulfide) groups is 1. The normalized spacial score (nSPS) is 22.2. The first-order valence-corrected chi connectivity index (χ1v) is 14.2. The number of aliphatic carboxylic acids is 1. The molecule has 1 fully saturated rings. The molecular formula is C30H38F3N3O4S. The molecule has 1 saturated heterocycles. The number of ether oxygens (including phenoxy) is 1. The van der Waals surface area contributed by atoms with Gasteiger partial charge in [0.2, 0.25) is 0 Å². The molecular weight excluding hydrogens is 555 g/mol. The van der Waals surface area contributed by atoms with Crippen LogP contribution in [0.3, 0.4) is 0 Å². The van der Waals surface area contributed by atoms with Gasteiger partial charge in [-0.1, -0.05) is 62.9 Å². The predicted octanol–water partition coefficient (Wildman–Crippen LogP) is 6.41. The van der Waals surface area contributed by atoms with Crippen LogP contribution in [0.4, 0.5) is 13.2 Å². The van der Waals surface area contributed by atoms with Gasteiger partial charge in [0, 0.05) is 35.7 Å². The fraction of sp³-hybridized carbons (Fsp3) is 0.433. The smallest absolute Gasteiger partial charge is 0.338 e. The zero-order chi connectivity index (χ0) is 30.8. The maximum Gasteiger partial charge on any atom is 0.338 e. The molecule has 0 aromatic heterocycles. The van der Waals surface area contributed by atoms with E-state index in [1.807, 2.05) is 13.0 Å². The molecule has 2 atom stereocenters. The molecule has 2 aliphatic heterocycles. The molecule has 2 aliphatic rings.